The first-order chi connectivity index (χ1) is 16.2. The highest BCUT2D eigenvalue weighted by molar-refractivity contribution is 5.88. The van der Waals surface area contributed by atoms with Gasteiger partial charge in [0, 0.05) is 63.2 Å². The van der Waals surface area contributed by atoms with Crippen LogP contribution in [-0.4, -0.2) is 63.8 Å². The molecule has 1 saturated heterocycles. The molecule has 1 fully saturated rings. The monoisotopic (exact) mass is 463 g/mol. The van der Waals surface area contributed by atoms with E-state index in [1.807, 2.05) is 48.8 Å². The van der Waals surface area contributed by atoms with Crippen molar-refractivity contribution in [3.63, 3.8) is 0 Å². The van der Waals surface area contributed by atoms with E-state index in [9.17, 15) is 9.59 Å². The molecular weight excluding hydrogens is 426 g/mol. The highest BCUT2D eigenvalue weighted by Crippen LogP contribution is 2.27. The maximum absolute atomic E-state index is 13.7. The van der Waals surface area contributed by atoms with Gasteiger partial charge in [0.1, 0.15) is 17.7 Å². The third-order valence-electron chi connectivity index (χ3n) is 6.73. The second-order valence-electron chi connectivity index (χ2n) is 10.3. The molecule has 7 heteroatoms. The van der Waals surface area contributed by atoms with Crippen LogP contribution in [0, 0.1) is 12.8 Å². The van der Waals surface area contributed by atoms with Gasteiger partial charge in [-0.2, -0.15) is 0 Å². The number of fused-ring (bicyclic) bond motifs is 1. The van der Waals surface area contributed by atoms with E-state index < -0.39 is 6.04 Å². The molecule has 2 aliphatic rings. The van der Waals surface area contributed by atoms with Gasteiger partial charge >= 0.3 is 0 Å². The summed E-state index contributed by atoms with van der Waals surface area (Å²) < 4.78 is 0. The van der Waals surface area contributed by atoms with Crippen molar-refractivity contribution in [2.24, 2.45) is 5.92 Å². The fourth-order valence-corrected chi connectivity index (χ4v) is 4.83. The number of aromatic nitrogens is 2. The first-order valence-corrected chi connectivity index (χ1v) is 12.5. The zero-order valence-corrected chi connectivity index (χ0v) is 21.1. The molecule has 34 heavy (non-hydrogen) atoms. The molecule has 1 aromatic heterocycles. The van der Waals surface area contributed by atoms with Gasteiger partial charge in [-0.3, -0.25) is 9.59 Å². The van der Waals surface area contributed by atoms with Crippen LogP contribution in [0.3, 0.4) is 0 Å². The fourth-order valence-electron chi connectivity index (χ4n) is 4.83. The van der Waals surface area contributed by atoms with Gasteiger partial charge in [-0.15, -0.1) is 0 Å². The number of piperazine rings is 1. The Bertz CT molecular complexity index is 1040. The summed E-state index contributed by atoms with van der Waals surface area (Å²) in [6, 6.07) is 9.76. The average molecular weight is 464 g/mol. The Balaban J connectivity index is 1.48. The van der Waals surface area contributed by atoms with Gasteiger partial charge in [-0.1, -0.05) is 52.0 Å². The van der Waals surface area contributed by atoms with Crippen LogP contribution in [0.2, 0.25) is 0 Å². The number of amides is 2. The lowest BCUT2D eigenvalue weighted by atomic mass is 9.92. The van der Waals surface area contributed by atoms with Crippen LogP contribution >= 0.6 is 0 Å². The molecule has 0 aliphatic carbocycles. The normalized spacial score (nSPS) is 18.4. The zero-order chi connectivity index (χ0) is 24.4. The summed E-state index contributed by atoms with van der Waals surface area (Å²) in [6.07, 6.45) is 1.05. The number of carbonyl (C=O) groups is 2. The zero-order valence-electron chi connectivity index (χ0n) is 21.1. The van der Waals surface area contributed by atoms with E-state index in [4.69, 9.17) is 4.98 Å². The summed E-state index contributed by atoms with van der Waals surface area (Å²) in [5.41, 5.74) is 3.28. The lowest BCUT2D eigenvalue weighted by Gasteiger charge is -2.41. The molecule has 1 aromatic carbocycles. The van der Waals surface area contributed by atoms with Crippen LogP contribution in [0.25, 0.3) is 0 Å². The molecule has 0 saturated carbocycles. The van der Waals surface area contributed by atoms with E-state index in [0.29, 0.717) is 32.5 Å². The van der Waals surface area contributed by atoms with Gasteiger partial charge in [0.25, 0.3) is 0 Å². The number of hydrogen-bond acceptors (Lipinski definition) is 5. The van der Waals surface area contributed by atoms with Gasteiger partial charge in [-0.25, -0.2) is 9.97 Å². The Morgan fingerprint density at radius 2 is 1.68 bits per heavy atom. The maximum Gasteiger partial charge on any atom is 0.245 e. The Morgan fingerprint density at radius 3 is 2.32 bits per heavy atom. The molecule has 2 amide bonds. The van der Waals surface area contributed by atoms with Crippen LogP contribution < -0.4 is 4.90 Å². The van der Waals surface area contributed by atoms with E-state index in [1.165, 1.54) is 5.56 Å². The highest BCUT2D eigenvalue weighted by atomic mass is 16.2. The number of nitrogens with zero attached hydrogens (tertiary/aromatic N) is 5. The molecule has 7 nitrogen and oxygen atoms in total. The van der Waals surface area contributed by atoms with Gasteiger partial charge in [0.05, 0.1) is 0 Å². The third kappa shape index (κ3) is 5.24. The Morgan fingerprint density at radius 1 is 1.00 bits per heavy atom. The van der Waals surface area contributed by atoms with Crippen molar-refractivity contribution in [1.82, 2.24) is 19.8 Å². The second-order valence-corrected chi connectivity index (χ2v) is 10.3. The molecule has 0 bridgehead atoms. The largest absolute Gasteiger partial charge is 0.353 e. The van der Waals surface area contributed by atoms with Crippen LogP contribution in [0.4, 0.5) is 5.82 Å². The average Bonchev–Trinajstić information content (AvgIpc) is 2.82. The van der Waals surface area contributed by atoms with Crippen molar-refractivity contribution in [3.8, 4) is 0 Å². The predicted octanol–water partition coefficient (Wildman–Crippen LogP) is 3.56. The number of aryl methyl sites for hydroxylation is 1. The lowest BCUT2D eigenvalue weighted by molar-refractivity contribution is -0.147. The van der Waals surface area contributed by atoms with Gasteiger partial charge in [-0.05, 0) is 24.0 Å². The lowest BCUT2D eigenvalue weighted by Crippen LogP contribution is -2.57. The Labute approximate surface area is 203 Å². The minimum atomic E-state index is -0.429. The van der Waals surface area contributed by atoms with Crippen molar-refractivity contribution in [1.29, 1.82) is 0 Å². The van der Waals surface area contributed by atoms with Gasteiger partial charge < -0.3 is 14.7 Å². The van der Waals surface area contributed by atoms with E-state index in [0.717, 1.165) is 36.0 Å². The summed E-state index contributed by atoms with van der Waals surface area (Å²) in [5, 5.41) is 0. The van der Waals surface area contributed by atoms with Gasteiger partial charge in [0.15, 0.2) is 0 Å². The van der Waals surface area contributed by atoms with E-state index in [1.54, 1.807) is 0 Å². The number of hydrogen-bond donors (Lipinski definition) is 0. The van der Waals surface area contributed by atoms with Crippen molar-refractivity contribution in [2.45, 2.75) is 66.0 Å². The first kappa shape index (κ1) is 24.2. The van der Waals surface area contributed by atoms with Crippen LogP contribution in [-0.2, 0) is 22.6 Å². The minimum Gasteiger partial charge on any atom is -0.353 e. The number of rotatable bonds is 5. The molecule has 0 spiro atoms. The molecule has 3 heterocycles. The van der Waals surface area contributed by atoms with Gasteiger partial charge in [0.2, 0.25) is 11.8 Å². The van der Waals surface area contributed by atoms with Crippen LogP contribution in [0.1, 0.15) is 62.7 Å². The summed E-state index contributed by atoms with van der Waals surface area (Å²) in [4.78, 5) is 42.1. The molecule has 1 atom stereocenters. The van der Waals surface area contributed by atoms with Crippen LogP contribution in [0.15, 0.2) is 30.3 Å². The predicted molar refractivity (Wildman–Crippen MR) is 134 cm³/mol. The van der Waals surface area contributed by atoms with Crippen molar-refractivity contribution in [2.75, 3.05) is 31.1 Å². The maximum atomic E-state index is 13.7. The molecule has 1 unspecified atom stereocenters. The van der Waals surface area contributed by atoms with Crippen molar-refractivity contribution < 1.29 is 9.59 Å². The Kier molecular flexibility index (Phi) is 7.19. The SMILES string of the molecule is Cc1cc(N2CCN(C(=O)C3Cc4ccccc4CN3C(=O)CC(C)C)CC2)nc(C(C)C)n1. The van der Waals surface area contributed by atoms with Crippen molar-refractivity contribution >= 4 is 17.6 Å². The molecule has 4 rings (SSSR count). The number of benzene rings is 1. The fraction of sp³-hybridized carbons (Fsp3) is 0.556. The molecule has 182 valence electrons. The summed E-state index contributed by atoms with van der Waals surface area (Å²) >= 11 is 0. The van der Waals surface area contributed by atoms with E-state index in [2.05, 4.69) is 35.9 Å². The Hall–Kier alpha value is -2.96. The summed E-state index contributed by atoms with van der Waals surface area (Å²) in [7, 11) is 0. The third-order valence-corrected chi connectivity index (χ3v) is 6.73. The molecule has 2 aliphatic heterocycles. The van der Waals surface area contributed by atoms with E-state index >= 15 is 0 Å². The molecular formula is C27H37N5O2. The number of anilines is 1. The molecule has 0 radical (unpaired) electrons. The molecule has 2 aromatic rings. The molecule has 0 N–H and O–H groups in total. The highest BCUT2D eigenvalue weighted by Gasteiger charge is 2.37. The standard InChI is InChI=1S/C27H37N5O2/c1-18(2)14-25(33)32-17-22-9-7-6-8-21(22)16-23(32)27(34)31-12-10-30(11-13-31)24-15-20(5)28-26(29-24)19(3)4/h6-9,15,18-19,23H,10-14,16-17H2,1-5H3. The smallest absolute Gasteiger partial charge is 0.245 e. The number of carbonyl (C=O) groups excluding carboxylic acids is 2. The quantitative estimate of drug-likeness (QED) is 0.678. The summed E-state index contributed by atoms with van der Waals surface area (Å²) in [5.74, 6) is 2.45. The summed E-state index contributed by atoms with van der Waals surface area (Å²) in [6.45, 7) is 13.5. The minimum absolute atomic E-state index is 0.0630. The van der Waals surface area contributed by atoms with Crippen molar-refractivity contribution in [3.05, 3.63) is 53.0 Å². The first-order valence-electron chi connectivity index (χ1n) is 12.5. The second kappa shape index (κ2) is 10.1. The van der Waals surface area contributed by atoms with E-state index in [-0.39, 0.29) is 23.7 Å². The topological polar surface area (TPSA) is 69.6 Å². The van der Waals surface area contributed by atoms with Crippen LogP contribution in [0.5, 0.6) is 0 Å².